The van der Waals surface area contributed by atoms with Crippen LogP contribution in [0.4, 0.5) is 22.4 Å². The molecule has 39 heavy (non-hydrogen) atoms. The van der Waals surface area contributed by atoms with Crippen molar-refractivity contribution in [2.75, 3.05) is 26.2 Å². The molecule has 1 aromatic heterocycles. The molecular formula is C27H34F4N5O2Os. The number of urea groups is 1. The van der Waals surface area contributed by atoms with E-state index < -0.39 is 17.9 Å². The molecule has 7 nitrogen and oxygen atoms in total. The third kappa shape index (κ3) is 6.58. The summed E-state index contributed by atoms with van der Waals surface area (Å²) >= 11 is 0. The Hall–Kier alpha value is -2.21. The topological polar surface area (TPSA) is 63.5 Å². The maximum atomic E-state index is 12.8. The van der Waals surface area contributed by atoms with Crippen molar-refractivity contribution in [3.8, 4) is 5.75 Å². The first-order valence-electron chi connectivity index (χ1n) is 13.4. The van der Waals surface area contributed by atoms with Crippen molar-refractivity contribution in [1.82, 2.24) is 24.6 Å². The van der Waals surface area contributed by atoms with Gasteiger partial charge in [0.1, 0.15) is 6.33 Å². The summed E-state index contributed by atoms with van der Waals surface area (Å²) in [6.45, 7) is 8.27. The first-order chi connectivity index (χ1) is 18.1. The molecule has 6 rings (SSSR count). The first-order valence-corrected chi connectivity index (χ1v) is 13.4. The van der Waals surface area contributed by atoms with E-state index in [2.05, 4.69) is 44.1 Å². The largest absolute Gasteiger partial charge is 1.00 e. The molecule has 1 unspecified atom stereocenters. The van der Waals surface area contributed by atoms with Gasteiger partial charge in [-0.2, -0.15) is 17.2 Å². The number of hydrogen-bond donors (Lipinski definition) is 0. The van der Waals surface area contributed by atoms with Crippen LogP contribution < -0.4 is 4.74 Å². The molecule has 2 aliphatic heterocycles. The molecule has 2 saturated carbocycles. The number of nitrogens with zero attached hydrogens (tertiary/aromatic N) is 5. The summed E-state index contributed by atoms with van der Waals surface area (Å²) in [4.78, 5) is 21.5. The summed E-state index contributed by atoms with van der Waals surface area (Å²) < 4.78 is 52.4. The fourth-order valence-electron chi connectivity index (χ4n) is 6.35. The molecule has 1 aromatic carbocycles. The normalized spacial score (nSPS) is 24.2. The average Bonchev–Trinajstić information content (AvgIpc) is 3.54. The van der Waals surface area contributed by atoms with Crippen LogP contribution >= 0.6 is 0 Å². The minimum Gasteiger partial charge on any atom is -0.467 e. The second-order valence-corrected chi connectivity index (χ2v) is 11.4. The Kier molecular flexibility index (Phi) is 8.94. The van der Waals surface area contributed by atoms with Crippen molar-refractivity contribution in [1.29, 1.82) is 0 Å². The number of carbonyl (C=O) groups excluding carboxylic acids is 1. The van der Waals surface area contributed by atoms with Crippen LogP contribution in [0.5, 0.6) is 5.75 Å². The molecule has 0 bridgehead atoms. The van der Waals surface area contributed by atoms with Crippen LogP contribution in [0.3, 0.4) is 0 Å². The number of rotatable bonds is 4. The monoisotopic (exact) mass is 728 g/mol. The Labute approximate surface area is 239 Å². The summed E-state index contributed by atoms with van der Waals surface area (Å²) in [6.07, 6.45) is 4.43. The van der Waals surface area contributed by atoms with Crippen molar-refractivity contribution in [2.45, 2.75) is 70.7 Å². The van der Waals surface area contributed by atoms with Crippen molar-refractivity contribution in [3.05, 3.63) is 42.2 Å². The van der Waals surface area contributed by atoms with Crippen molar-refractivity contribution >= 4 is 6.03 Å². The SMILES string of the molecule is CCC(C)c1ncn(C2CC3(C2)CN(C(=O)N2C[C@H]4CCC[C@H]4C2)C3)n1.Fc1cc[c-]cc1OC(F)(F)F.[Os+]. The minimum absolute atomic E-state index is 0. The molecule has 4 fully saturated rings. The number of halogens is 4. The zero-order valence-electron chi connectivity index (χ0n) is 22.1. The van der Waals surface area contributed by atoms with Gasteiger partial charge in [0.05, 0.1) is 17.6 Å². The number of ether oxygens (including phenoxy) is 1. The summed E-state index contributed by atoms with van der Waals surface area (Å²) in [7, 11) is 0. The van der Waals surface area contributed by atoms with Gasteiger partial charge in [0.25, 0.3) is 0 Å². The number of fused-ring (bicyclic) bond motifs is 1. The fraction of sp³-hybridized carbons (Fsp3) is 0.667. The van der Waals surface area contributed by atoms with E-state index in [-0.39, 0.29) is 19.8 Å². The van der Waals surface area contributed by atoms with E-state index in [9.17, 15) is 22.4 Å². The van der Waals surface area contributed by atoms with E-state index >= 15 is 0 Å². The first kappa shape index (κ1) is 29.8. The molecule has 3 heterocycles. The Morgan fingerprint density at radius 1 is 1.21 bits per heavy atom. The van der Waals surface area contributed by atoms with Crippen LogP contribution in [0.15, 0.2) is 24.5 Å². The van der Waals surface area contributed by atoms with Crippen LogP contribution in [-0.2, 0) is 19.8 Å². The predicted molar refractivity (Wildman–Crippen MR) is 131 cm³/mol. The molecule has 2 aliphatic carbocycles. The van der Waals surface area contributed by atoms with Crippen molar-refractivity contribution < 1.29 is 46.9 Å². The smallest absolute Gasteiger partial charge is 0.467 e. The van der Waals surface area contributed by atoms with Gasteiger partial charge in [-0.05, 0) is 43.9 Å². The van der Waals surface area contributed by atoms with Gasteiger partial charge in [-0.15, -0.1) is 25.3 Å². The number of benzene rings is 1. The molecule has 1 radical (unpaired) electrons. The number of carbonyl (C=O) groups is 1. The fourth-order valence-corrected chi connectivity index (χ4v) is 6.35. The summed E-state index contributed by atoms with van der Waals surface area (Å²) in [5.74, 6) is 1.04. The Bertz CT molecular complexity index is 1120. The Morgan fingerprint density at radius 2 is 1.87 bits per heavy atom. The van der Waals surface area contributed by atoms with Crippen molar-refractivity contribution in [3.63, 3.8) is 0 Å². The van der Waals surface area contributed by atoms with E-state index in [1.54, 1.807) is 0 Å². The van der Waals surface area contributed by atoms with E-state index in [0.29, 0.717) is 23.4 Å². The van der Waals surface area contributed by atoms with Gasteiger partial charge < -0.3 is 14.5 Å². The third-order valence-electron chi connectivity index (χ3n) is 8.61. The zero-order chi connectivity index (χ0) is 27.1. The molecule has 12 heteroatoms. The summed E-state index contributed by atoms with van der Waals surface area (Å²) in [5.41, 5.74) is 0.360. The Balaban J connectivity index is 0.000000231. The summed E-state index contributed by atoms with van der Waals surface area (Å²) in [5, 5.41) is 4.69. The van der Waals surface area contributed by atoms with E-state index in [0.717, 1.165) is 81.3 Å². The quantitative estimate of drug-likeness (QED) is 0.295. The van der Waals surface area contributed by atoms with Crippen LogP contribution in [0.1, 0.15) is 70.2 Å². The maximum absolute atomic E-state index is 12.8. The number of likely N-dealkylation sites (tertiary alicyclic amines) is 2. The van der Waals surface area contributed by atoms with Crippen LogP contribution in [0, 0.1) is 29.1 Å². The van der Waals surface area contributed by atoms with E-state index in [4.69, 9.17) is 5.10 Å². The number of hydrogen-bond acceptors (Lipinski definition) is 4. The van der Waals surface area contributed by atoms with Crippen molar-refractivity contribution in [2.24, 2.45) is 17.3 Å². The molecular weight excluding hydrogens is 693 g/mol. The van der Waals surface area contributed by atoms with Crippen LogP contribution in [-0.4, -0.2) is 63.1 Å². The third-order valence-corrected chi connectivity index (χ3v) is 8.61. The second-order valence-electron chi connectivity index (χ2n) is 11.4. The van der Waals surface area contributed by atoms with Gasteiger partial charge >= 0.3 is 32.2 Å². The molecule has 1 spiro atoms. The predicted octanol–water partition coefficient (Wildman–Crippen LogP) is 5.80. The average molecular weight is 727 g/mol. The molecule has 2 aromatic rings. The minimum atomic E-state index is -4.87. The summed E-state index contributed by atoms with van der Waals surface area (Å²) in [6, 6.07) is 5.80. The van der Waals surface area contributed by atoms with Gasteiger partial charge in [0.15, 0.2) is 5.82 Å². The second kappa shape index (κ2) is 11.7. The standard InChI is InChI=1S/C20H31N5O.C7H3F4O.Os/c1-3-14(2)18-21-13-25(22-18)17-7-20(8-17)11-24(12-20)19(26)23-9-15-5-4-6-16(15)10-23;8-5-3-1-2-4-6(5)12-7(9,10)11;/h13-17H,3-12H2,1-2H3;1,3-4H;/q;-1;+1/t14?,15-,16+;;. The van der Waals surface area contributed by atoms with Gasteiger partial charge in [-0.1, -0.05) is 20.3 Å². The van der Waals surface area contributed by atoms with Gasteiger partial charge in [0, 0.05) is 37.5 Å². The molecule has 0 N–H and O–H groups in total. The number of aromatic nitrogens is 3. The molecule has 2 amide bonds. The zero-order valence-corrected chi connectivity index (χ0v) is 24.6. The van der Waals surface area contributed by atoms with E-state index in [1.165, 1.54) is 19.3 Å². The van der Waals surface area contributed by atoms with Crippen LogP contribution in [0.25, 0.3) is 0 Å². The molecule has 215 valence electrons. The van der Waals surface area contributed by atoms with Gasteiger partial charge in [0.2, 0.25) is 0 Å². The number of amides is 2. The maximum Gasteiger partial charge on any atom is 1.00 e. The molecule has 2 saturated heterocycles. The number of alkyl halides is 3. The molecule has 4 aliphatic rings. The Morgan fingerprint density at radius 3 is 2.46 bits per heavy atom. The van der Waals surface area contributed by atoms with Crippen LogP contribution in [0.2, 0.25) is 0 Å². The van der Waals surface area contributed by atoms with Gasteiger partial charge in [-0.3, -0.25) is 0 Å². The van der Waals surface area contributed by atoms with Gasteiger partial charge in [-0.25, -0.2) is 18.9 Å². The molecule has 3 atom stereocenters. The van der Waals surface area contributed by atoms with E-state index in [1.807, 2.05) is 6.33 Å².